The van der Waals surface area contributed by atoms with Crippen molar-refractivity contribution in [2.75, 3.05) is 0 Å². The van der Waals surface area contributed by atoms with Crippen LogP contribution in [0.15, 0.2) is 67.0 Å². The molecule has 0 spiro atoms. The molecule has 0 aliphatic heterocycles. The number of aromatic nitrogens is 3. The molecule has 1 aliphatic rings. The Kier molecular flexibility index (Phi) is 6.11. The number of nitrogens with zero attached hydrogens (tertiary/aromatic N) is 2. The van der Waals surface area contributed by atoms with Crippen LogP contribution in [0.25, 0.3) is 22.5 Å². The average Bonchev–Trinajstić information content (AvgIpc) is 3.43. The summed E-state index contributed by atoms with van der Waals surface area (Å²) in [5.41, 5.74) is 4.44. The average molecular weight is 439 g/mol. The first kappa shape index (κ1) is 21.2. The highest BCUT2D eigenvalue weighted by molar-refractivity contribution is 5.85. The van der Waals surface area contributed by atoms with Crippen LogP contribution < -0.4 is 5.32 Å². The topological polar surface area (TPSA) is 53.6 Å². The van der Waals surface area contributed by atoms with Gasteiger partial charge < -0.3 is 5.32 Å². The summed E-state index contributed by atoms with van der Waals surface area (Å²) in [4.78, 5) is 4.14. The molecule has 1 heterocycles. The second kappa shape index (κ2) is 8.96. The first-order valence-electron chi connectivity index (χ1n) is 9.92. The van der Waals surface area contributed by atoms with Gasteiger partial charge in [-0.05, 0) is 47.7 Å². The van der Waals surface area contributed by atoms with E-state index in [1.54, 1.807) is 6.07 Å². The number of rotatable bonds is 5. The summed E-state index contributed by atoms with van der Waals surface area (Å²) >= 11 is 0. The molecular formula is C24H21ClF2N4. The zero-order chi connectivity index (χ0) is 20.5. The van der Waals surface area contributed by atoms with E-state index in [0.29, 0.717) is 17.0 Å². The van der Waals surface area contributed by atoms with Crippen molar-refractivity contribution in [2.24, 2.45) is 0 Å². The smallest absolute Gasteiger partial charge is 0.180 e. The monoisotopic (exact) mass is 438 g/mol. The summed E-state index contributed by atoms with van der Waals surface area (Å²) in [6, 6.07) is 18.6. The van der Waals surface area contributed by atoms with Crippen molar-refractivity contribution in [1.82, 2.24) is 20.5 Å². The Hall–Kier alpha value is -3.09. The second-order valence-corrected chi connectivity index (χ2v) is 7.55. The summed E-state index contributed by atoms with van der Waals surface area (Å²) in [7, 11) is 0. The van der Waals surface area contributed by atoms with Crippen molar-refractivity contribution in [1.29, 1.82) is 0 Å². The highest BCUT2D eigenvalue weighted by Gasteiger charge is 2.22. The van der Waals surface area contributed by atoms with Crippen molar-refractivity contribution < 1.29 is 8.78 Å². The zero-order valence-corrected chi connectivity index (χ0v) is 17.4. The second-order valence-electron chi connectivity index (χ2n) is 7.55. The molecule has 4 nitrogen and oxygen atoms in total. The lowest BCUT2D eigenvalue weighted by atomic mass is 9.99. The fourth-order valence-corrected chi connectivity index (χ4v) is 4.11. The SMILES string of the molecule is Cl.Fc1ccc(-c2cccc(-c3nc[nH]n3)c2)c(F)c1CNC1Cc2ccccc2C1. The van der Waals surface area contributed by atoms with Crippen molar-refractivity contribution in [2.45, 2.75) is 25.4 Å². The van der Waals surface area contributed by atoms with Crippen LogP contribution in [0.4, 0.5) is 8.78 Å². The van der Waals surface area contributed by atoms with Crippen LogP contribution in [0.1, 0.15) is 16.7 Å². The van der Waals surface area contributed by atoms with Crippen LogP contribution in [0, 0.1) is 11.6 Å². The van der Waals surface area contributed by atoms with Crippen molar-refractivity contribution in [3.63, 3.8) is 0 Å². The number of hydrogen-bond donors (Lipinski definition) is 2. The Labute approximate surface area is 185 Å². The minimum absolute atomic E-state index is 0. The molecule has 1 aliphatic carbocycles. The summed E-state index contributed by atoms with van der Waals surface area (Å²) in [6.07, 6.45) is 3.24. The molecule has 0 amide bonds. The van der Waals surface area contributed by atoms with E-state index in [9.17, 15) is 4.39 Å². The lowest BCUT2D eigenvalue weighted by Crippen LogP contribution is -2.29. The minimum Gasteiger partial charge on any atom is -0.309 e. The third-order valence-electron chi connectivity index (χ3n) is 5.65. The standard InChI is InChI=1S/C24H20F2N4.ClH/c25-22-9-8-20(17-6-3-7-18(10-17)24-28-14-29-30-24)23(26)21(22)13-27-19-11-15-4-1-2-5-16(15)12-19;/h1-10,14,19,27H,11-13H2,(H,28,29,30);1H. The predicted octanol–water partition coefficient (Wildman–Crippen LogP) is 5.10. The number of aromatic amines is 1. The van der Waals surface area contributed by atoms with Gasteiger partial charge in [0, 0.05) is 29.3 Å². The maximum atomic E-state index is 15.3. The lowest BCUT2D eigenvalue weighted by Gasteiger charge is -2.15. The van der Waals surface area contributed by atoms with Crippen LogP contribution in [0.5, 0.6) is 0 Å². The first-order valence-corrected chi connectivity index (χ1v) is 9.92. The summed E-state index contributed by atoms with van der Waals surface area (Å²) in [5.74, 6) is -0.545. The molecule has 0 bridgehead atoms. The van der Waals surface area contributed by atoms with Crippen LogP contribution >= 0.6 is 12.4 Å². The van der Waals surface area contributed by atoms with E-state index in [1.165, 1.54) is 29.6 Å². The van der Waals surface area contributed by atoms with Gasteiger partial charge in [-0.25, -0.2) is 13.8 Å². The Morgan fingerprint density at radius 3 is 2.39 bits per heavy atom. The molecule has 7 heteroatoms. The molecule has 31 heavy (non-hydrogen) atoms. The van der Waals surface area contributed by atoms with E-state index >= 15 is 4.39 Å². The molecule has 0 saturated carbocycles. The Bertz CT molecular complexity index is 1170. The van der Waals surface area contributed by atoms with Gasteiger partial charge in [-0.3, -0.25) is 5.10 Å². The third kappa shape index (κ3) is 4.22. The number of hydrogen-bond acceptors (Lipinski definition) is 3. The van der Waals surface area contributed by atoms with E-state index in [4.69, 9.17) is 0 Å². The van der Waals surface area contributed by atoms with Gasteiger partial charge in [0.15, 0.2) is 5.82 Å². The largest absolute Gasteiger partial charge is 0.309 e. The third-order valence-corrected chi connectivity index (χ3v) is 5.65. The molecule has 2 N–H and O–H groups in total. The Balaban J connectivity index is 0.00000231. The van der Waals surface area contributed by atoms with Gasteiger partial charge in [0.05, 0.1) is 0 Å². The maximum absolute atomic E-state index is 15.3. The molecule has 4 aromatic rings. The van der Waals surface area contributed by atoms with E-state index in [2.05, 4.69) is 32.6 Å². The van der Waals surface area contributed by atoms with E-state index in [-0.39, 0.29) is 30.6 Å². The zero-order valence-electron chi connectivity index (χ0n) is 16.6. The molecule has 0 saturated heterocycles. The van der Waals surface area contributed by atoms with Crippen molar-refractivity contribution >= 4 is 12.4 Å². The number of benzene rings is 3. The van der Waals surface area contributed by atoms with Gasteiger partial charge in [0.2, 0.25) is 0 Å². The summed E-state index contributed by atoms with van der Waals surface area (Å²) in [5, 5.41) is 10.1. The molecule has 5 rings (SSSR count). The van der Waals surface area contributed by atoms with E-state index < -0.39 is 11.6 Å². The van der Waals surface area contributed by atoms with Gasteiger partial charge in [0.1, 0.15) is 18.0 Å². The Morgan fingerprint density at radius 2 is 1.68 bits per heavy atom. The van der Waals surface area contributed by atoms with Crippen molar-refractivity contribution in [3.05, 3.63) is 95.3 Å². The highest BCUT2D eigenvalue weighted by atomic mass is 35.5. The molecule has 0 unspecified atom stereocenters. The Morgan fingerprint density at radius 1 is 0.935 bits per heavy atom. The maximum Gasteiger partial charge on any atom is 0.180 e. The lowest BCUT2D eigenvalue weighted by molar-refractivity contribution is 0.492. The number of nitrogens with one attached hydrogen (secondary N) is 2. The van der Waals surface area contributed by atoms with Gasteiger partial charge in [-0.15, -0.1) is 12.4 Å². The van der Waals surface area contributed by atoms with Crippen LogP contribution in [0.3, 0.4) is 0 Å². The first-order chi connectivity index (χ1) is 14.7. The molecular weight excluding hydrogens is 418 g/mol. The van der Waals surface area contributed by atoms with Crippen LogP contribution in [0.2, 0.25) is 0 Å². The fraction of sp³-hybridized carbons (Fsp3) is 0.167. The molecule has 1 aromatic heterocycles. The number of halogens is 3. The molecule has 0 radical (unpaired) electrons. The molecule has 0 atom stereocenters. The van der Waals surface area contributed by atoms with Crippen LogP contribution in [-0.2, 0) is 19.4 Å². The van der Waals surface area contributed by atoms with E-state index in [0.717, 1.165) is 18.4 Å². The molecule has 3 aromatic carbocycles. The summed E-state index contributed by atoms with van der Waals surface area (Å²) in [6.45, 7) is 0.144. The van der Waals surface area contributed by atoms with Gasteiger partial charge in [-0.1, -0.05) is 42.5 Å². The minimum atomic E-state index is -0.538. The van der Waals surface area contributed by atoms with Gasteiger partial charge >= 0.3 is 0 Å². The molecule has 158 valence electrons. The fourth-order valence-electron chi connectivity index (χ4n) is 4.11. The van der Waals surface area contributed by atoms with Crippen molar-refractivity contribution in [3.8, 4) is 22.5 Å². The number of fused-ring (bicyclic) bond motifs is 1. The molecule has 0 fully saturated rings. The van der Waals surface area contributed by atoms with E-state index in [1.807, 2.05) is 30.3 Å². The highest BCUT2D eigenvalue weighted by Crippen LogP contribution is 2.30. The normalized spacial score (nSPS) is 13.1. The number of H-pyrrole nitrogens is 1. The summed E-state index contributed by atoms with van der Waals surface area (Å²) < 4.78 is 29.8. The quantitative estimate of drug-likeness (QED) is 0.456. The van der Waals surface area contributed by atoms with Gasteiger partial charge in [0.25, 0.3) is 0 Å². The predicted molar refractivity (Wildman–Crippen MR) is 119 cm³/mol. The van der Waals surface area contributed by atoms with Gasteiger partial charge in [-0.2, -0.15) is 5.10 Å². The van der Waals surface area contributed by atoms with Crippen LogP contribution in [-0.4, -0.2) is 21.2 Å².